The largest absolute Gasteiger partial charge is 0.508 e. The third-order valence-electron chi connectivity index (χ3n) is 3.21. The Bertz CT molecular complexity index is 811. The number of furan rings is 1. The average Bonchev–Trinajstić information content (AvgIpc) is 2.80. The van der Waals surface area contributed by atoms with E-state index in [4.69, 9.17) is 9.15 Å². The smallest absolute Gasteiger partial charge is 0.329 e. The van der Waals surface area contributed by atoms with Gasteiger partial charge in [-0.15, -0.1) is 0 Å². The normalized spacial score (nSPS) is 18.5. The van der Waals surface area contributed by atoms with Crippen molar-refractivity contribution >= 4 is 28.5 Å². The highest BCUT2D eigenvalue weighted by atomic mass is 16.5. The Morgan fingerprint density at radius 3 is 2.76 bits per heavy atom. The Balaban J connectivity index is 2.07. The Labute approximate surface area is 118 Å². The summed E-state index contributed by atoms with van der Waals surface area (Å²) in [6.45, 7) is 1.46. The van der Waals surface area contributed by atoms with Crippen LogP contribution in [0.3, 0.4) is 0 Å². The fourth-order valence-corrected chi connectivity index (χ4v) is 2.25. The number of hydrogen-bond donors (Lipinski definition) is 1. The molecule has 1 aromatic carbocycles. The van der Waals surface area contributed by atoms with Gasteiger partial charge in [0, 0.05) is 11.5 Å². The van der Waals surface area contributed by atoms with Crippen molar-refractivity contribution in [1.82, 2.24) is 0 Å². The van der Waals surface area contributed by atoms with Crippen LogP contribution >= 0.6 is 0 Å². The molecule has 0 spiro atoms. The second kappa shape index (κ2) is 4.59. The minimum Gasteiger partial charge on any atom is -0.508 e. The summed E-state index contributed by atoms with van der Waals surface area (Å²) in [5, 5.41) is 9.82. The van der Waals surface area contributed by atoms with Crippen molar-refractivity contribution in [3.8, 4) is 5.75 Å². The van der Waals surface area contributed by atoms with Gasteiger partial charge in [-0.1, -0.05) is 0 Å². The molecule has 1 N–H and O–H groups in total. The van der Waals surface area contributed by atoms with Crippen LogP contribution in [0.4, 0.5) is 0 Å². The summed E-state index contributed by atoms with van der Waals surface area (Å²) in [6, 6.07) is 4.24. The molecule has 1 aliphatic rings. The van der Waals surface area contributed by atoms with Crippen LogP contribution < -0.4 is 0 Å². The number of hydrogen-bond acceptors (Lipinski definition) is 6. The number of ether oxygens (including phenoxy) is 1. The van der Waals surface area contributed by atoms with Gasteiger partial charge in [-0.05, 0) is 25.1 Å². The molecule has 6 heteroatoms. The summed E-state index contributed by atoms with van der Waals surface area (Å²) in [4.78, 5) is 36.1. The summed E-state index contributed by atoms with van der Waals surface area (Å²) in [6.07, 6.45) is 2.28. The molecule has 106 valence electrons. The number of aromatic hydroxyl groups is 1. The van der Waals surface area contributed by atoms with Gasteiger partial charge in [-0.25, -0.2) is 0 Å². The van der Waals surface area contributed by atoms with Gasteiger partial charge in [0.25, 0.3) is 0 Å². The number of Topliss-reactive ketones (excluding diaryl/α,β-unsaturated/α-hetero) is 1. The topological polar surface area (TPSA) is 93.8 Å². The maximum atomic E-state index is 12.4. The first-order valence-electron chi connectivity index (χ1n) is 6.15. The average molecular weight is 286 g/mol. The van der Waals surface area contributed by atoms with E-state index in [0.29, 0.717) is 11.0 Å². The highest BCUT2D eigenvalue weighted by Crippen LogP contribution is 2.28. The fourth-order valence-electron chi connectivity index (χ4n) is 2.25. The second-order valence-corrected chi connectivity index (χ2v) is 4.71. The third-order valence-corrected chi connectivity index (χ3v) is 3.21. The van der Waals surface area contributed by atoms with Crippen molar-refractivity contribution in [1.29, 1.82) is 0 Å². The molecule has 0 amide bonds. The number of rotatable bonds is 2. The molecule has 0 aliphatic carbocycles. The highest BCUT2D eigenvalue weighted by molar-refractivity contribution is 6.28. The van der Waals surface area contributed by atoms with E-state index >= 15 is 0 Å². The van der Waals surface area contributed by atoms with Crippen LogP contribution in [0.25, 0.3) is 11.0 Å². The highest BCUT2D eigenvalue weighted by Gasteiger charge is 2.39. The molecule has 2 heterocycles. The maximum Gasteiger partial charge on any atom is 0.329 e. The van der Waals surface area contributed by atoms with Crippen LogP contribution in [0, 0.1) is 5.92 Å². The maximum absolute atomic E-state index is 12.4. The molecule has 0 bridgehead atoms. The standard InChI is InChI=1S/C15H10O6/c1-7-4-11(17)13(15(19)21-7)14(18)10-6-20-12-3-2-8(16)5-9(10)12/h2-6,13,16H,1H3. The summed E-state index contributed by atoms with van der Waals surface area (Å²) in [7, 11) is 0. The van der Waals surface area contributed by atoms with Gasteiger partial charge in [0.2, 0.25) is 0 Å². The molecule has 0 saturated carbocycles. The van der Waals surface area contributed by atoms with Crippen LogP contribution in [0.2, 0.25) is 0 Å². The number of fused-ring (bicyclic) bond motifs is 1. The summed E-state index contributed by atoms with van der Waals surface area (Å²) >= 11 is 0. The Morgan fingerprint density at radius 1 is 1.29 bits per heavy atom. The summed E-state index contributed by atoms with van der Waals surface area (Å²) in [5.41, 5.74) is 0.434. The zero-order valence-corrected chi connectivity index (χ0v) is 11.0. The molecular formula is C15H10O6. The first kappa shape index (κ1) is 13.1. The molecule has 1 aromatic heterocycles. The number of cyclic esters (lactones) is 1. The van der Waals surface area contributed by atoms with E-state index in [9.17, 15) is 19.5 Å². The van der Waals surface area contributed by atoms with Crippen molar-refractivity contribution in [2.24, 2.45) is 5.92 Å². The SMILES string of the molecule is CC1=CC(=O)C(C(=O)c2coc3ccc(O)cc23)C(=O)O1. The Hall–Kier alpha value is -2.89. The Kier molecular flexibility index (Phi) is 2.86. The molecule has 0 saturated heterocycles. The molecule has 1 atom stereocenters. The molecule has 1 unspecified atom stereocenters. The zero-order valence-electron chi connectivity index (χ0n) is 11.0. The number of phenols is 1. The van der Waals surface area contributed by atoms with Crippen molar-refractivity contribution in [3.05, 3.63) is 41.9 Å². The summed E-state index contributed by atoms with van der Waals surface area (Å²) in [5.74, 6) is -3.66. The second-order valence-electron chi connectivity index (χ2n) is 4.71. The van der Waals surface area contributed by atoms with Gasteiger partial charge < -0.3 is 14.3 Å². The van der Waals surface area contributed by atoms with E-state index in [1.54, 1.807) is 0 Å². The van der Waals surface area contributed by atoms with Crippen molar-refractivity contribution in [2.45, 2.75) is 6.92 Å². The molecule has 0 radical (unpaired) electrons. The monoisotopic (exact) mass is 286 g/mol. The van der Waals surface area contributed by atoms with Crippen molar-refractivity contribution in [3.63, 3.8) is 0 Å². The molecule has 0 fully saturated rings. The van der Waals surface area contributed by atoms with Gasteiger partial charge in [0.05, 0.1) is 5.56 Å². The predicted molar refractivity (Wildman–Crippen MR) is 70.6 cm³/mol. The zero-order chi connectivity index (χ0) is 15.1. The van der Waals surface area contributed by atoms with E-state index in [0.717, 1.165) is 12.3 Å². The number of carbonyl (C=O) groups is 3. The van der Waals surface area contributed by atoms with Crippen LogP contribution in [0.1, 0.15) is 17.3 Å². The van der Waals surface area contributed by atoms with E-state index in [2.05, 4.69) is 0 Å². The lowest BCUT2D eigenvalue weighted by Crippen LogP contribution is -2.35. The molecule has 1 aliphatic heterocycles. The van der Waals surface area contributed by atoms with Crippen molar-refractivity contribution in [2.75, 3.05) is 0 Å². The van der Waals surface area contributed by atoms with E-state index in [-0.39, 0.29) is 17.1 Å². The number of ketones is 2. The van der Waals surface area contributed by atoms with Crippen LogP contribution in [0.15, 0.2) is 40.7 Å². The molecule has 3 rings (SSSR count). The first-order valence-corrected chi connectivity index (χ1v) is 6.15. The van der Waals surface area contributed by atoms with Crippen LogP contribution in [-0.2, 0) is 14.3 Å². The molecule has 2 aromatic rings. The van der Waals surface area contributed by atoms with Gasteiger partial charge in [-0.2, -0.15) is 0 Å². The fraction of sp³-hybridized carbons (Fsp3) is 0.133. The lowest BCUT2D eigenvalue weighted by Gasteiger charge is -2.16. The Morgan fingerprint density at radius 2 is 2.05 bits per heavy atom. The van der Waals surface area contributed by atoms with E-state index < -0.39 is 23.5 Å². The third kappa shape index (κ3) is 2.10. The minimum absolute atomic E-state index is 0.0498. The minimum atomic E-state index is -1.53. The van der Waals surface area contributed by atoms with E-state index in [1.165, 1.54) is 25.1 Å². The number of allylic oxidation sites excluding steroid dienone is 2. The quantitative estimate of drug-likeness (QED) is 0.515. The number of carbonyl (C=O) groups excluding carboxylic acids is 3. The van der Waals surface area contributed by atoms with Gasteiger partial charge >= 0.3 is 5.97 Å². The van der Waals surface area contributed by atoms with Crippen LogP contribution in [0.5, 0.6) is 5.75 Å². The first-order chi connectivity index (χ1) is 9.97. The molecular weight excluding hydrogens is 276 g/mol. The van der Waals surface area contributed by atoms with Gasteiger partial charge in [-0.3, -0.25) is 14.4 Å². The van der Waals surface area contributed by atoms with Gasteiger partial charge in [0.1, 0.15) is 23.4 Å². The van der Waals surface area contributed by atoms with E-state index in [1.807, 2.05) is 0 Å². The number of phenolic OH excluding ortho intramolecular Hbond substituents is 1. The molecule has 6 nitrogen and oxygen atoms in total. The summed E-state index contributed by atoms with van der Waals surface area (Å²) < 4.78 is 10.0. The number of benzene rings is 1. The van der Waals surface area contributed by atoms with Crippen LogP contribution in [-0.4, -0.2) is 22.6 Å². The lowest BCUT2D eigenvalue weighted by molar-refractivity contribution is -0.146. The number of esters is 1. The van der Waals surface area contributed by atoms with Crippen molar-refractivity contribution < 1.29 is 28.6 Å². The lowest BCUT2D eigenvalue weighted by atomic mass is 9.92. The predicted octanol–water partition coefficient (Wildman–Crippen LogP) is 1.97. The molecule has 21 heavy (non-hydrogen) atoms. The van der Waals surface area contributed by atoms with Gasteiger partial charge in [0.15, 0.2) is 17.5 Å².